The molecule has 0 N–H and O–H groups in total. The van der Waals surface area contributed by atoms with Crippen LogP contribution in [-0.4, -0.2) is 27.0 Å². The Kier molecular flexibility index (Phi) is 4.02. The molecule has 2 aliphatic carbocycles. The van der Waals surface area contributed by atoms with Crippen LogP contribution in [0.25, 0.3) is 0 Å². The summed E-state index contributed by atoms with van der Waals surface area (Å²) in [4.78, 5) is 0. The summed E-state index contributed by atoms with van der Waals surface area (Å²) in [5.74, 6) is 1.15. The van der Waals surface area contributed by atoms with Crippen molar-refractivity contribution < 1.29 is 17.4 Å². The highest BCUT2D eigenvalue weighted by molar-refractivity contribution is 7.86. The summed E-state index contributed by atoms with van der Waals surface area (Å²) in [6, 6.07) is 8.46. The van der Waals surface area contributed by atoms with Gasteiger partial charge in [-0.15, -0.1) is 0 Å². The molecule has 7 heteroatoms. The fourth-order valence-corrected chi connectivity index (χ4v) is 4.87. The third-order valence-corrected chi connectivity index (χ3v) is 6.25. The zero-order valence-corrected chi connectivity index (χ0v) is 13.7. The van der Waals surface area contributed by atoms with Crippen LogP contribution in [-0.2, 0) is 14.4 Å². The summed E-state index contributed by atoms with van der Waals surface area (Å²) in [5, 5.41) is 12.7. The van der Waals surface area contributed by atoms with Crippen molar-refractivity contribution in [1.29, 1.82) is 5.26 Å². The predicted octanol–water partition coefficient (Wildman–Crippen LogP) is 2.46. The fraction of sp³-hybridized carbons (Fsp3) is 0.500. The standard InChI is InChI=1S/C16H18N2O4S/c1-21-14-4-2-12(3-5-14)15(10-17)18-22-23(19,20)11-16-8-6-13(16)7-9-16/h2-5,13H,6-9,11H2,1H3/b18-15+. The van der Waals surface area contributed by atoms with E-state index < -0.39 is 10.1 Å². The van der Waals surface area contributed by atoms with Gasteiger partial charge in [0.15, 0.2) is 5.71 Å². The first kappa shape index (κ1) is 15.8. The molecule has 2 fully saturated rings. The van der Waals surface area contributed by atoms with Gasteiger partial charge in [0.25, 0.3) is 0 Å². The Morgan fingerprint density at radius 3 is 2.43 bits per heavy atom. The first-order chi connectivity index (χ1) is 11.0. The van der Waals surface area contributed by atoms with Gasteiger partial charge in [0.1, 0.15) is 11.8 Å². The number of hydrogen-bond acceptors (Lipinski definition) is 6. The molecule has 1 aromatic carbocycles. The highest BCUT2D eigenvalue weighted by atomic mass is 32.2. The Morgan fingerprint density at radius 1 is 1.35 bits per heavy atom. The largest absolute Gasteiger partial charge is 0.497 e. The van der Waals surface area contributed by atoms with E-state index in [4.69, 9.17) is 14.3 Å². The minimum Gasteiger partial charge on any atom is -0.497 e. The average molecular weight is 334 g/mol. The third kappa shape index (κ3) is 3.04. The Hall–Kier alpha value is -2.07. The second-order valence-electron chi connectivity index (χ2n) is 6.19. The van der Waals surface area contributed by atoms with Crippen LogP contribution in [0.3, 0.4) is 0 Å². The molecule has 0 amide bonds. The summed E-state index contributed by atoms with van der Waals surface area (Å²) in [7, 11) is -2.23. The van der Waals surface area contributed by atoms with E-state index in [9.17, 15) is 8.42 Å². The second kappa shape index (κ2) is 5.85. The topological polar surface area (TPSA) is 88.8 Å². The normalized spacial score (nSPS) is 26.3. The molecular weight excluding hydrogens is 316 g/mol. The summed E-state index contributed by atoms with van der Waals surface area (Å²) in [5.41, 5.74) is 0.306. The summed E-state index contributed by atoms with van der Waals surface area (Å²) in [6.07, 6.45) is 4.09. The van der Waals surface area contributed by atoms with Crippen molar-refractivity contribution >= 4 is 15.8 Å². The number of fused-ring (bicyclic) bond motifs is 1. The molecule has 0 heterocycles. The summed E-state index contributed by atoms with van der Waals surface area (Å²) in [6.45, 7) is 0. The van der Waals surface area contributed by atoms with Crippen LogP contribution in [0.2, 0.25) is 0 Å². The van der Waals surface area contributed by atoms with E-state index in [1.54, 1.807) is 24.3 Å². The lowest BCUT2D eigenvalue weighted by molar-refractivity contribution is -0.0542. The van der Waals surface area contributed by atoms with Crippen molar-refractivity contribution in [2.45, 2.75) is 25.7 Å². The van der Waals surface area contributed by atoms with E-state index in [1.807, 2.05) is 6.07 Å². The lowest BCUT2D eigenvalue weighted by atomic mass is 9.49. The van der Waals surface area contributed by atoms with Crippen molar-refractivity contribution in [3.05, 3.63) is 29.8 Å². The van der Waals surface area contributed by atoms with Crippen molar-refractivity contribution in [2.24, 2.45) is 16.5 Å². The number of ether oxygens (including phenoxy) is 1. The number of rotatable bonds is 6. The van der Waals surface area contributed by atoms with Gasteiger partial charge in [-0.05, 0) is 61.3 Å². The third-order valence-electron chi connectivity index (χ3n) is 5.02. The first-order valence-electron chi connectivity index (χ1n) is 7.52. The maximum atomic E-state index is 12.1. The highest BCUT2D eigenvalue weighted by Crippen LogP contribution is 2.61. The van der Waals surface area contributed by atoms with E-state index in [-0.39, 0.29) is 16.9 Å². The molecule has 0 bridgehead atoms. The van der Waals surface area contributed by atoms with Gasteiger partial charge >= 0.3 is 10.1 Å². The van der Waals surface area contributed by atoms with Crippen molar-refractivity contribution in [3.8, 4) is 11.8 Å². The van der Waals surface area contributed by atoms with Gasteiger partial charge in [0, 0.05) is 5.56 Å². The Labute approximate surface area is 135 Å². The van der Waals surface area contributed by atoms with Crippen molar-refractivity contribution in [3.63, 3.8) is 0 Å². The monoisotopic (exact) mass is 334 g/mol. The number of nitriles is 1. The van der Waals surface area contributed by atoms with Gasteiger partial charge in [0.05, 0.1) is 12.9 Å². The van der Waals surface area contributed by atoms with Crippen LogP contribution < -0.4 is 4.74 Å². The molecule has 6 nitrogen and oxygen atoms in total. The summed E-state index contributed by atoms with van der Waals surface area (Å²) >= 11 is 0. The van der Waals surface area contributed by atoms with E-state index in [0.717, 1.165) is 25.7 Å². The number of benzene rings is 1. The van der Waals surface area contributed by atoms with Crippen molar-refractivity contribution in [2.75, 3.05) is 12.9 Å². The van der Waals surface area contributed by atoms with Crippen LogP contribution in [0.4, 0.5) is 0 Å². The molecule has 0 radical (unpaired) electrons. The smallest absolute Gasteiger partial charge is 0.329 e. The molecule has 3 rings (SSSR count). The van der Waals surface area contributed by atoms with Gasteiger partial charge < -0.3 is 4.74 Å². The molecule has 0 saturated heterocycles. The maximum absolute atomic E-state index is 12.1. The van der Waals surface area contributed by atoms with E-state index in [1.165, 1.54) is 7.11 Å². The lowest BCUT2D eigenvalue weighted by Gasteiger charge is -2.58. The zero-order chi connectivity index (χ0) is 16.5. The Bertz CT molecular complexity index is 754. The SMILES string of the molecule is COc1ccc(/C(C#N)=N/OS(=O)(=O)CC23CCC2CC3)cc1. The van der Waals surface area contributed by atoms with Gasteiger partial charge in [0.2, 0.25) is 0 Å². The molecule has 2 saturated carbocycles. The van der Waals surface area contributed by atoms with Crippen LogP contribution >= 0.6 is 0 Å². The Morgan fingerprint density at radius 2 is 2.00 bits per heavy atom. The van der Waals surface area contributed by atoms with Crippen LogP contribution in [0.1, 0.15) is 31.2 Å². The molecular formula is C16H18N2O4S. The van der Waals surface area contributed by atoms with Crippen molar-refractivity contribution in [1.82, 2.24) is 0 Å². The predicted molar refractivity (Wildman–Crippen MR) is 84.4 cm³/mol. The van der Waals surface area contributed by atoms with Gasteiger partial charge in [-0.25, -0.2) is 0 Å². The van der Waals surface area contributed by atoms with E-state index in [0.29, 0.717) is 17.2 Å². The zero-order valence-electron chi connectivity index (χ0n) is 12.9. The molecule has 0 atom stereocenters. The number of nitrogens with zero attached hydrogens (tertiary/aromatic N) is 2. The highest BCUT2D eigenvalue weighted by Gasteiger charge is 2.55. The van der Waals surface area contributed by atoms with Gasteiger partial charge in [-0.2, -0.15) is 13.7 Å². The molecule has 0 unspecified atom stereocenters. The first-order valence-corrected chi connectivity index (χ1v) is 9.10. The lowest BCUT2D eigenvalue weighted by Crippen LogP contribution is -2.52. The molecule has 122 valence electrons. The van der Waals surface area contributed by atoms with Crippen LogP contribution in [0.5, 0.6) is 5.75 Å². The van der Waals surface area contributed by atoms with E-state index >= 15 is 0 Å². The molecule has 23 heavy (non-hydrogen) atoms. The molecule has 1 aromatic rings. The number of methoxy groups -OCH3 is 1. The molecule has 0 spiro atoms. The number of hydrogen-bond donors (Lipinski definition) is 0. The maximum Gasteiger partial charge on any atom is 0.329 e. The summed E-state index contributed by atoms with van der Waals surface area (Å²) < 4.78 is 34.0. The number of oxime groups is 1. The van der Waals surface area contributed by atoms with E-state index in [2.05, 4.69) is 5.16 Å². The minimum atomic E-state index is -3.77. The quantitative estimate of drug-likeness (QED) is 0.589. The Balaban J connectivity index is 1.70. The average Bonchev–Trinajstić information content (AvgIpc) is 2.54. The van der Waals surface area contributed by atoms with Crippen LogP contribution in [0, 0.1) is 22.7 Å². The van der Waals surface area contributed by atoms with Gasteiger partial charge in [-0.1, -0.05) is 5.16 Å². The minimum absolute atomic E-state index is 0.00448. The van der Waals surface area contributed by atoms with Gasteiger partial charge in [-0.3, -0.25) is 4.28 Å². The fourth-order valence-electron chi connectivity index (χ4n) is 3.40. The second-order valence-corrected chi connectivity index (χ2v) is 7.75. The molecule has 2 aliphatic rings. The molecule has 0 aliphatic heterocycles. The van der Waals surface area contributed by atoms with Crippen LogP contribution in [0.15, 0.2) is 29.4 Å². The molecule has 0 aromatic heterocycles.